The van der Waals surface area contributed by atoms with Crippen molar-refractivity contribution in [3.63, 3.8) is 0 Å². The maximum atomic E-state index is 12.6. The SMILES string of the molecule is O=[N+]([O-])c1cccc(CS(=O)(=O)Nc2ccc(C34CC5CC(CC(C5)C3)C4)cc2)c1. The summed E-state index contributed by atoms with van der Waals surface area (Å²) in [6.07, 6.45) is 8.02. The first-order valence-corrected chi connectivity index (χ1v) is 12.3. The van der Waals surface area contributed by atoms with Crippen LogP contribution in [0.4, 0.5) is 11.4 Å². The Morgan fingerprint density at radius 3 is 2.13 bits per heavy atom. The molecule has 0 unspecified atom stereocenters. The van der Waals surface area contributed by atoms with Crippen LogP contribution in [0, 0.1) is 27.9 Å². The summed E-state index contributed by atoms with van der Waals surface area (Å²) in [6.45, 7) is 0. The first-order chi connectivity index (χ1) is 14.3. The lowest BCUT2D eigenvalue weighted by Gasteiger charge is -2.57. The number of sulfonamides is 1. The number of nitrogens with zero attached hydrogens (tertiary/aromatic N) is 1. The Kier molecular flexibility index (Phi) is 4.61. The van der Waals surface area contributed by atoms with Crippen LogP contribution in [-0.2, 0) is 21.2 Å². The van der Waals surface area contributed by atoms with Gasteiger partial charge < -0.3 is 0 Å². The van der Waals surface area contributed by atoms with Crippen LogP contribution in [0.3, 0.4) is 0 Å². The minimum Gasteiger partial charge on any atom is -0.283 e. The summed E-state index contributed by atoms with van der Waals surface area (Å²) in [4.78, 5) is 10.4. The second kappa shape index (κ2) is 7.08. The van der Waals surface area contributed by atoms with Crippen molar-refractivity contribution >= 4 is 21.4 Å². The summed E-state index contributed by atoms with van der Waals surface area (Å²) in [5.41, 5.74) is 2.46. The summed E-state index contributed by atoms with van der Waals surface area (Å²) in [5, 5.41) is 10.9. The number of non-ortho nitro benzene ring substituents is 1. The Morgan fingerprint density at radius 2 is 1.57 bits per heavy atom. The van der Waals surface area contributed by atoms with E-state index in [1.54, 1.807) is 6.07 Å². The van der Waals surface area contributed by atoms with Crippen LogP contribution >= 0.6 is 0 Å². The fraction of sp³-hybridized carbons (Fsp3) is 0.478. The number of anilines is 1. The molecule has 0 heterocycles. The Hall–Kier alpha value is -2.41. The number of nitro groups is 1. The van der Waals surface area contributed by atoms with Gasteiger partial charge in [0.2, 0.25) is 10.0 Å². The van der Waals surface area contributed by atoms with Gasteiger partial charge in [-0.3, -0.25) is 14.8 Å². The molecule has 2 aromatic carbocycles. The van der Waals surface area contributed by atoms with Crippen molar-refractivity contribution in [1.29, 1.82) is 0 Å². The minimum absolute atomic E-state index is 0.109. The van der Waals surface area contributed by atoms with E-state index in [0.29, 0.717) is 11.3 Å². The van der Waals surface area contributed by atoms with Crippen LogP contribution in [0.25, 0.3) is 0 Å². The van der Waals surface area contributed by atoms with Gasteiger partial charge in [0, 0.05) is 17.8 Å². The van der Waals surface area contributed by atoms with Crippen molar-refractivity contribution < 1.29 is 13.3 Å². The van der Waals surface area contributed by atoms with E-state index in [0.717, 1.165) is 17.8 Å². The second-order valence-corrected chi connectivity index (χ2v) is 11.3. The Labute approximate surface area is 176 Å². The third-order valence-electron chi connectivity index (χ3n) is 7.29. The first kappa shape index (κ1) is 19.5. The van der Waals surface area contributed by atoms with Crippen LogP contribution < -0.4 is 4.72 Å². The molecule has 1 N–H and O–H groups in total. The number of hydrogen-bond acceptors (Lipinski definition) is 4. The maximum absolute atomic E-state index is 12.6. The molecular formula is C23H26N2O4S. The molecule has 0 spiro atoms. The number of rotatable bonds is 6. The van der Waals surface area contributed by atoms with E-state index in [9.17, 15) is 18.5 Å². The van der Waals surface area contributed by atoms with Crippen LogP contribution in [0.5, 0.6) is 0 Å². The summed E-state index contributed by atoms with van der Waals surface area (Å²) in [5.74, 6) is 2.30. The van der Waals surface area contributed by atoms with Gasteiger partial charge in [-0.25, -0.2) is 8.42 Å². The van der Waals surface area contributed by atoms with Crippen molar-refractivity contribution in [3.05, 3.63) is 69.8 Å². The molecule has 158 valence electrons. The molecule has 7 heteroatoms. The van der Waals surface area contributed by atoms with E-state index in [-0.39, 0.29) is 16.9 Å². The number of nitrogens with one attached hydrogen (secondary N) is 1. The topological polar surface area (TPSA) is 89.3 Å². The molecule has 0 atom stereocenters. The van der Waals surface area contributed by atoms with Gasteiger partial charge in [-0.1, -0.05) is 24.3 Å². The van der Waals surface area contributed by atoms with Crippen molar-refractivity contribution in [2.75, 3.05) is 4.72 Å². The average molecular weight is 427 g/mol. The second-order valence-electron chi connectivity index (χ2n) is 9.56. The summed E-state index contributed by atoms with van der Waals surface area (Å²) in [7, 11) is -3.66. The molecule has 4 saturated carbocycles. The van der Waals surface area contributed by atoms with Gasteiger partial charge in [-0.05, 0) is 85.0 Å². The molecule has 4 bridgehead atoms. The Balaban J connectivity index is 1.30. The first-order valence-electron chi connectivity index (χ1n) is 10.6. The van der Waals surface area contributed by atoms with Crippen LogP contribution in [-0.4, -0.2) is 13.3 Å². The average Bonchev–Trinajstić information content (AvgIpc) is 2.67. The van der Waals surface area contributed by atoms with E-state index in [1.165, 1.54) is 62.3 Å². The lowest BCUT2D eigenvalue weighted by Crippen LogP contribution is -2.48. The summed E-state index contributed by atoms with van der Waals surface area (Å²) < 4.78 is 27.8. The van der Waals surface area contributed by atoms with Gasteiger partial charge in [-0.15, -0.1) is 0 Å². The minimum atomic E-state index is -3.66. The zero-order valence-electron chi connectivity index (χ0n) is 16.8. The highest BCUT2D eigenvalue weighted by Gasteiger charge is 2.51. The van der Waals surface area contributed by atoms with E-state index in [1.807, 2.05) is 12.1 Å². The van der Waals surface area contributed by atoms with E-state index in [2.05, 4.69) is 16.9 Å². The number of nitro benzene ring substituents is 1. The molecule has 0 aromatic heterocycles. The molecule has 0 amide bonds. The molecule has 6 rings (SSSR count). The number of benzene rings is 2. The lowest BCUT2D eigenvalue weighted by molar-refractivity contribution is -0.384. The zero-order valence-corrected chi connectivity index (χ0v) is 17.6. The molecule has 2 aromatic rings. The molecule has 4 fully saturated rings. The lowest BCUT2D eigenvalue weighted by atomic mass is 9.48. The van der Waals surface area contributed by atoms with Gasteiger partial charge in [0.05, 0.1) is 10.7 Å². The van der Waals surface area contributed by atoms with Gasteiger partial charge in [0.25, 0.3) is 5.69 Å². The van der Waals surface area contributed by atoms with E-state index < -0.39 is 14.9 Å². The molecule has 0 radical (unpaired) electrons. The third kappa shape index (κ3) is 3.71. The smallest absolute Gasteiger partial charge is 0.269 e. The monoisotopic (exact) mass is 426 g/mol. The standard InChI is InChI=1S/C23H26N2O4S/c26-25(27)22-3-1-2-16(11-22)15-30(28,29)24-21-6-4-20(5-7-21)23-12-17-8-18(13-23)10-19(9-17)14-23/h1-7,11,17-19,24H,8-10,12-15H2. The fourth-order valence-electron chi connectivity index (χ4n) is 6.55. The number of hydrogen-bond donors (Lipinski definition) is 1. The molecule has 0 saturated heterocycles. The van der Waals surface area contributed by atoms with Gasteiger partial charge in [0.1, 0.15) is 0 Å². The van der Waals surface area contributed by atoms with Crippen molar-refractivity contribution in [3.8, 4) is 0 Å². The van der Waals surface area contributed by atoms with Gasteiger partial charge in [-0.2, -0.15) is 0 Å². The highest BCUT2D eigenvalue weighted by molar-refractivity contribution is 7.91. The van der Waals surface area contributed by atoms with Crippen LogP contribution in [0.15, 0.2) is 48.5 Å². The molecule has 30 heavy (non-hydrogen) atoms. The van der Waals surface area contributed by atoms with Gasteiger partial charge in [0.15, 0.2) is 0 Å². The summed E-state index contributed by atoms with van der Waals surface area (Å²) >= 11 is 0. The van der Waals surface area contributed by atoms with E-state index in [4.69, 9.17) is 0 Å². The Bertz CT molecular complexity index is 1040. The molecule has 6 nitrogen and oxygen atoms in total. The molecule has 4 aliphatic carbocycles. The molecule has 4 aliphatic rings. The van der Waals surface area contributed by atoms with E-state index >= 15 is 0 Å². The van der Waals surface area contributed by atoms with Gasteiger partial charge >= 0.3 is 0 Å². The predicted molar refractivity (Wildman–Crippen MR) is 116 cm³/mol. The highest BCUT2D eigenvalue weighted by Crippen LogP contribution is 2.60. The predicted octanol–water partition coefficient (Wildman–Crippen LogP) is 5.00. The van der Waals surface area contributed by atoms with Crippen LogP contribution in [0.2, 0.25) is 0 Å². The normalized spacial score (nSPS) is 29.7. The Morgan fingerprint density at radius 1 is 0.967 bits per heavy atom. The molecule has 0 aliphatic heterocycles. The molecular weight excluding hydrogens is 400 g/mol. The fourth-order valence-corrected chi connectivity index (χ4v) is 7.74. The van der Waals surface area contributed by atoms with Crippen molar-refractivity contribution in [1.82, 2.24) is 0 Å². The highest BCUT2D eigenvalue weighted by atomic mass is 32.2. The van der Waals surface area contributed by atoms with Crippen molar-refractivity contribution in [2.24, 2.45) is 17.8 Å². The maximum Gasteiger partial charge on any atom is 0.269 e. The third-order valence-corrected chi connectivity index (χ3v) is 8.55. The van der Waals surface area contributed by atoms with Crippen molar-refractivity contribution in [2.45, 2.75) is 49.7 Å². The quantitative estimate of drug-likeness (QED) is 0.520. The summed E-state index contributed by atoms with van der Waals surface area (Å²) in [6, 6.07) is 13.7. The zero-order chi connectivity index (χ0) is 20.9. The van der Waals surface area contributed by atoms with Crippen LogP contribution in [0.1, 0.15) is 49.7 Å². The largest absolute Gasteiger partial charge is 0.283 e.